The summed E-state index contributed by atoms with van der Waals surface area (Å²) in [4.78, 5) is 32.6. The Labute approximate surface area is 152 Å². The van der Waals surface area contributed by atoms with E-state index in [0.717, 1.165) is 56.9 Å². The van der Waals surface area contributed by atoms with Crippen molar-refractivity contribution in [3.63, 3.8) is 0 Å². The number of hydrogen-bond donors (Lipinski definition) is 2. The molecule has 0 bridgehead atoms. The van der Waals surface area contributed by atoms with Crippen LogP contribution in [-0.4, -0.2) is 69.9 Å². The van der Waals surface area contributed by atoms with Crippen LogP contribution < -0.4 is 10.6 Å². The lowest BCUT2D eigenvalue weighted by atomic mass is 10.3. The molecule has 1 saturated carbocycles. The third-order valence-corrected chi connectivity index (χ3v) is 4.80. The molecule has 8 nitrogen and oxygen atoms in total. The van der Waals surface area contributed by atoms with Crippen LogP contribution in [0, 0.1) is 0 Å². The smallest absolute Gasteiger partial charge is 0.321 e. The third-order valence-electron chi connectivity index (χ3n) is 4.80. The van der Waals surface area contributed by atoms with Crippen molar-refractivity contribution in [2.24, 2.45) is 0 Å². The molecule has 2 fully saturated rings. The van der Waals surface area contributed by atoms with Gasteiger partial charge in [0.05, 0.1) is 12.2 Å². The number of carbonyl (C=O) groups is 2. The van der Waals surface area contributed by atoms with E-state index in [1.165, 1.54) is 0 Å². The van der Waals surface area contributed by atoms with Crippen molar-refractivity contribution in [1.82, 2.24) is 29.8 Å². The van der Waals surface area contributed by atoms with E-state index in [4.69, 9.17) is 0 Å². The average Bonchev–Trinajstić information content (AvgIpc) is 3.32. The summed E-state index contributed by atoms with van der Waals surface area (Å²) in [6.07, 6.45) is 6.08. The molecule has 2 N–H and O–H groups in total. The number of nitrogens with zero attached hydrogens (tertiary/aromatic N) is 4. The molecule has 2 aromatic heterocycles. The van der Waals surface area contributed by atoms with Gasteiger partial charge in [0.25, 0.3) is 0 Å². The van der Waals surface area contributed by atoms with E-state index < -0.39 is 0 Å². The molecule has 138 valence electrons. The van der Waals surface area contributed by atoms with E-state index in [1.807, 2.05) is 28.8 Å². The van der Waals surface area contributed by atoms with E-state index in [-0.39, 0.29) is 24.5 Å². The van der Waals surface area contributed by atoms with Crippen LogP contribution in [0.2, 0.25) is 0 Å². The topological polar surface area (TPSA) is 82.0 Å². The number of imide groups is 1. The predicted molar refractivity (Wildman–Crippen MR) is 96.6 cm³/mol. The molecular weight excluding hydrogens is 332 g/mol. The second-order valence-corrected chi connectivity index (χ2v) is 7.05. The molecule has 26 heavy (non-hydrogen) atoms. The second-order valence-electron chi connectivity index (χ2n) is 7.05. The zero-order chi connectivity index (χ0) is 17.9. The van der Waals surface area contributed by atoms with Crippen molar-refractivity contribution in [2.75, 3.05) is 32.7 Å². The Morgan fingerprint density at radius 3 is 2.62 bits per heavy atom. The van der Waals surface area contributed by atoms with Crippen LogP contribution in [0.5, 0.6) is 0 Å². The first kappa shape index (κ1) is 17.0. The molecule has 4 rings (SSSR count). The zero-order valence-electron chi connectivity index (χ0n) is 14.7. The van der Waals surface area contributed by atoms with Crippen molar-refractivity contribution >= 4 is 17.6 Å². The number of nitrogens with one attached hydrogen (secondary N) is 2. The highest BCUT2D eigenvalue weighted by molar-refractivity contribution is 5.95. The lowest BCUT2D eigenvalue weighted by Crippen LogP contribution is -2.51. The molecule has 0 atom stereocenters. The van der Waals surface area contributed by atoms with Gasteiger partial charge >= 0.3 is 6.03 Å². The van der Waals surface area contributed by atoms with Gasteiger partial charge in [-0.3, -0.25) is 19.9 Å². The molecule has 3 amide bonds. The molecule has 2 aliphatic rings. The maximum absolute atomic E-state index is 12.0. The first-order chi connectivity index (χ1) is 12.7. The maximum atomic E-state index is 12.0. The van der Waals surface area contributed by atoms with Crippen LogP contribution in [0.4, 0.5) is 4.79 Å². The summed E-state index contributed by atoms with van der Waals surface area (Å²) in [6.45, 7) is 4.46. The highest BCUT2D eigenvalue weighted by Gasteiger charge is 2.25. The van der Waals surface area contributed by atoms with Gasteiger partial charge in [0.15, 0.2) is 0 Å². The molecule has 0 aromatic carbocycles. The lowest BCUT2D eigenvalue weighted by molar-refractivity contribution is -0.121. The van der Waals surface area contributed by atoms with Crippen molar-refractivity contribution in [2.45, 2.75) is 25.4 Å². The van der Waals surface area contributed by atoms with E-state index in [1.54, 1.807) is 0 Å². The molecule has 2 aromatic rings. The number of pyridine rings is 1. The van der Waals surface area contributed by atoms with Gasteiger partial charge in [0.2, 0.25) is 5.91 Å². The van der Waals surface area contributed by atoms with Crippen LogP contribution in [0.1, 0.15) is 18.5 Å². The van der Waals surface area contributed by atoms with Gasteiger partial charge in [-0.1, -0.05) is 6.07 Å². The van der Waals surface area contributed by atoms with Crippen molar-refractivity contribution in [3.05, 3.63) is 36.3 Å². The zero-order valence-corrected chi connectivity index (χ0v) is 14.7. The predicted octanol–water partition coefficient (Wildman–Crippen LogP) is 0.440. The molecule has 0 spiro atoms. The van der Waals surface area contributed by atoms with Gasteiger partial charge in [0.1, 0.15) is 5.65 Å². The Hall–Kier alpha value is -2.45. The summed E-state index contributed by atoms with van der Waals surface area (Å²) in [6, 6.07) is 5.86. The first-order valence-electron chi connectivity index (χ1n) is 9.13. The van der Waals surface area contributed by atoms with Gasteiger partial charge in [-0.2, -0.15) is 0 Å². The lowest BCUT2D eigenvalue weighted by Gasteiger charge is -2.33. The van der Waals surface area contributed by atoms with Crippen LogP contribution in [0.3, 0.4) is 0 Å². The maximum Gasteiger partial charge on any atom is 0.321 e. The summed E-state index contributed by atoms with van der Waals surface area (Å²) < 4.78 is 2.03. The van der Waals surface area contributed by atoms with Crippen molar-refractivity contribution in [3.8, 4) is 0 Å². The van der Waals surface area contributed by atoms with E-state index in [2.05, 4.69) is 31.6 Å². The fraction of sp³-hybridized carbons (Fsp3) is 0.500. The highest BCUT2D eigenvalue weighted by Crippen LogP contribution is 2.18. The quantitative estimate of drug-likeness (QED) is 0.812. The van der Waals surface area contributed by atoms with Gasteiger partial charge in [-0.25, -0.2) is 9.78 Å². The number of amides is 3. The number of carbonyl (C=O) groups excluding carboxylic acids is 2. The van der Waals surface area contributed by atoms with Crippen LogP contribution in [-0.2, 0) is 11.3 Å². The summed E-state index contributed by atoms with van der Waals surface area (Å²) in [5.74, 6) is -0.239. The molecule has 8 heteroatoms. The fourth-order valence-corrected chi connectivity index (χ4v) is 3.22. The van der Waals surface area contributed by atoms with Gasteiger partial charge in [-0.15, -0.1) is 0 Å². The van der Waals surface area contributed by atoms with E-state index in [9.17, 15) is 9.59 Å². The Bertz CT molecular complexity index is 759. The third kappa shape index (κ3) is 4.39. The Morgan fingerprint density at radius 2 is 1.88 bits per heavy atom. The molecule has 3 heterocycles. The minimum atomic E-state index is -0.372. The van der Waals surface area contributed by atoms with Gasteiger partial charge in [0, 0.05) is 51.2 Å². The molecule has 1 aliphatic carbocycles. The summed E-state index contributed by atoms with van der Waals surface area (Å²) in [5, 5.41) is 5.17. The Kier molecular flexibility index (Phi) is 4.85. The van der Waals surface area contributed by atoms with Crippen molar-refractivity contribution < 1.29 is 9.59 Å². The minimum Gasteiger partial charge on any atom is -0.335 e. The SMILES string of the molecule is O=C(CN1CCN(Cc2cn3ccccc3n2)CC1)NC(=O)NC1CC1. The molecule has 0 unspecified atom stereocenters. The summed E-state index contributed by atoms with van der Waals surface area (Å²) in [7, 11) is 0. The Morgan fingerprint density at radius 1 is 1.12 bits per heavy atom. The van der Waals surface area contributed by atoms with Crippen LogP contribution in [0.25, 0.3) is 5.65 Å². The molecule has 1 saturated heterocycles. The summed E-state index contributed by atoms with van der Waals surface area (Å²) >= 11 is 0. The molecule has 0 radical (unpaired) electrons. The number of piperazine rings is 1. The van der Waals surface area contributed by atoms with E-state index in [0.29, 0.717) is 0 Å². The monoisotopic (exact) mass is 356 g/mol. The number of imidazole rings is 1. The largest absolute Gasteiger partial charge is 0.335 e. The normalized spacial score (nSPS) is 18.8. The highest BCUT2D eigenvalue weighted by atomic mass is 16.2. The van der Waals surface area contributed by atoms with Crippen LogP contribution >= 0.6 is 0 Å². The number of hydrogen-bond acceptors (Lipinski definition) is 5. The Balaban J connectivity index is 1.21. The number of fused-ring (bicyclic) bond motifs is 1. The van der Waals surface area contributed by atoms with Gasteiger partial charge in [-0.05, 0) is 25.0 Å². The second kappa shape index (κ2) is 7.43. The fourth-order valence-electron chi connectivity index (χ4n) is 3.22. The first-order valence-corrected chi connectivity index (χ1v) is 9.13. The molecule has 1 aliphatic heterocycles. The van der Waals surface area contributed by atoms with Crippen molar-refractivity contribution in [1.29, 1.82) is 0 Å². The van der Waals surface area contributed by atoms with Crippen LogP contribution in [0.15, 0.2) is 30.6 Å². The standard InChI is InChI=1S/C18H24N6O2/c25-17(21-18(26)20-14-4-5-14)13-23-9-7-22(8-10-23)11-15-12-24-6-2-1-3-16(24)19-15/h1-3,6,12,14H,4-5,7-11,13H2,(H2,20,21,25,26). The number of urea groups is 1. The van der Waals surface area contributed by atoms with Gasteiger partial charge < -0.3 is 9.72 Å². The van der Waals surface area contributed by atoms with E-state index >= 15 is 0 Å². The minimum absolute atomic E-state index is 0.239. The summed E-state index contributed by atoms with van der Waals surface area (Å²) in [5.41, 5.74) is 2.02. The average molecular weight is 356 g/mol. The number of aromatic nitrogens is 2. The molecular formula is C18H24N6O2. The number of rotatable bonds is 5.